The molecule has 1 heterocycles. The van der Waals surface area contributed by atoms with Gasteiger partial charge in [-0.2, -0.15) is 4.31 Å². The second-order valence-electron chi connectivity index (χ2n) is 5.96. The fourth-order valence-corrected chi connectivity index (χ4v) is 4.34. The summed E-state index contributed by atoms with van der Waals surface area (Å²) in [5, 5.41) is 3.70. The Morgan fingerprint density at radius 2 is 1.74 bits per heavy atom. The number of rotatable bonds is 6. The van der Waals surface area contributed by atoms with Crippen molar-refractivity contribution in [2.24, 2.45) is 0 Å². The highest BCUT2D eigenvalue weighted by Gasteiger charge is 2.22. The minimum Gasteiger partial charge on any atom is -0.307 e. The van der Waals surface area contributed by atoms with E-state index in [-0.39, 0.29) is 10.5 Å². The molecule has 27 heavy (non-hydrogen) atoms. The largest absolute Gasteiger partial charge is 0.307 e. The summed E-state index contributed by atoms with van der Waals surface area (Å²) in [7, 11) is -3.62. The van der Waals surface area contributed by atoms with Gasteiger partial charge in [-0.1, -0.05) is 38.1 Å². The van der Waals surface area contributed by atoms with E-state index in [9.17, 15) is 13.2 Å². The van der Waals surface area contributed by atoms with Gasteiger partial charge >= 0.3 is 0 Å². The quantitative estimate of drug-likeness (QED) is 0.706. The maximum absolute atomic E-state index is 12.7. The van der Waals surface area contributed by atoms with Crippen molar-refractivity contribution < 1.29 is 13.2 Å². The summed E-state index contributed by atoms with van der Waals surface area (Å²) in [6, 6.07) is 17.2. The molecule has 140 valence electrons. The summed E-state index contributed by atoms with van der Waals surface area (Å²) < 4.78 is 26.7. The third-order valence-electron chi connectivity index (χ3n) is 4.28. The summed E-state index contributed by atoms with van der Waals surface area (Å²) in [6.07, 6.45) is 0. The number of fused-ring (bicyclic) bond motifs is 1. The number of benzene rings is 2. The molecule has 1 aromatic heterocycles. The number of pyridine rings is 1. The molecule has 0 unspecified atom stereocenters. The Kier molecular flexibility index (Phi) is 5.53. The maximum Gasteiger partial charge on any atom is 0.256 e. The fraction of sp³-hybridized carbons (Fsp3) is 0.200. The van der Waals surface area contributed by atoms with Crippen LogP contribution in [0.25, 0.3) is 10.9 Å². The van der Waals surface area contributed by atoms with Crippen LogP contribution in [-0.2, 0) is 10.0 Å². The SMILES string of the molecule is CCN(CC)S(=O)(=O)c1cccc(C(=O)Nc2ccc3ccccc3n2)c1. The first-order chi connectivity index (χ1) is 13.0. The number of hydrogen-bond donors (Lipinski definition) is 1. The highest BCUT2D eigenvalue weighted by atomic mass is 32.2. The van der Waals surface area contributed by atoms with Crippen LogP contribution in [0.1, 0.15) is 24.2 Å². The predicted molar refractivity (Wildman–Crippen MR) is 106 cm³/mol. The zero-order chi connectivity index (χ0) is 19.4. The molecule has 0 aliphatic carbocycles. The topological polar surface area (TPSA) is 79.4 Å². The van der Waals surface area contributed by atoms with Crippen LogP contribution in [0.4, 0.5) is 5.82 Å². The van der Waals surface area contributed by atoms with Gasteiger partial charge in [-0.3, -0.25) is 4.79 Å². The molecule has 0 aliphatic rings. The number of para-hydroxylation sites is 1. The highest BCUT2D eigenvalue weighted by molar-refractivity contribution is 7.89. The van der Waals surface area contributed by atoms with Crippen LogP contribution in [0.3, 0.4) is 0 Å². The smallest absolute Gasteiger partial charge is 0.256 e. The van der Waals surface area contributed by atoms with Gasteiger partial charge < -0.3 is 5.32 Å². The van der Waals surface area contributed by atoms with Crippen molar-refractivity contribution in [2.75, 3.05) is 18.4 Å². The van der Waals surface area contributed by atoms with Crippen molar-refractivity contribution >= 4 is 32.7 Å². The maximum atomic E-state index is 12.7. The van der Waals surface area contributed by atoms with Crippen LogP contribution in [0.2, 0.25) is 0 Å². The minimum atomic E-state index is -3.62. The van der Waals surface area contributed by atoms with E-state index in [1.165, 1.54) is 16.4 Å². The molecule has 1 N–H and O–H groups in total. The molecule has 3 rings (SSSR count). The molecular weight excluding hydrogens is 362 g/mol. The summed E-state index contributed by atoms with van der Waals surface area (Å²) in [5.74, 6) is 0.00470. The van der Waals surface area contributed by atoms with Crippen molar-refractivity contribution in [3.63, 3.8) is 0 Å². The number of nitrogens with zero attached hydrogens (tertiary/aromatic N) is 2. The third-order valence-corrected chi connectivity index (χ3v) is 6.33. The molecule has 0 bridgehead atoms. The lowest BCUT2D eigenvalue weighted by Gasteiger charge is -2.18. The Balaban J connectivity index is 1.86. The predicted octanol–water partition coefficient (Wildman–Crippen LogP) is 3.52. The second-order valence-corrected chi connectivity index (χ2v) is 7.90. The van der Waals surface area contributed by atoms with Gasteiger partial charge in [-0.05, 0) is 36.4 Å². The molecule has 2 aromatic carbocycles. The van der Waals surface area contributed by atoms with Crippen LogP contribution in [0, 0.1) is 0 Å². The van der Waals surface area contributed by atoms with E-state index >= 15 is 0 Å². The van der Waals surface area contributed by atoms with Crippen molar-refractivity contribution in [1.29, 1.82) is 0 Å². The van der Waals surface area contributed by atoms with Crippen molar-refractivity contribution in [3.05, 3.63) is 66.2 Å². The molecule has 0 saturated heterocycles. The van der Waals surface area contributed by atoms with E-state index in [1.54, 1.807) is 32.0 Å². The van der Waals surface area contributed by atoms with E-state index in [1.807, 2.05) is 30.3 Å². The number of nitrogens with one attached hydrogen (secondary N) is 1. The van der Waals surface area contributed by atoms with Crippen molar-refractivity contribution in [3.8, 4) is 0 Å². The summed E-state index contributed by atoms with van der Waals surface area (Å²) in [5.41, 5.74) is 1.03. The van der Waals surface area contributed by atoms with E-state index in [0.717, 1.165) is 10.9 Å². The molecule has 0 fully saturated rings. The van der Waals surface area contributed by atoms with E-state index in [0.29, 0.717) is 18.9 Å². The Labute approximate surface area is 158 Å². The number of carbonyl (C=O) groups is 1. The number of hydrogen-bond acceptors (Lipinski definition) is 4. The lowest BCUT2D eigenvalue weighted by molar-refractivity contribution is 0.102. The number of aromatic nitrogens is 1. The monoisotopic (exact) mass is 383 g/mol. The summed E-state index contributed by atoms with van der Waals surface area (Å²) >= 11 is 0. The fourth-order valence-electron chi connectivity index (χ4n) is 2.83. The third kappa shape index (κ3) is 3.99. The van der Waals surface area contributed by atoms with Gasteiger partial charge in [-0.25, -0.2) is 13.4 Å². The average molecular weight is 383 g/mol. The van der Waals surface area contributed by atoms with Crippen molar-refractivity contribution in [2.45, 2.75) is 18.7 Å². The van der Waals surface area contributed by atoms with Crippen LogP contribution in [0.5, 0.6) is 0 Å². The van der Waals surface area contributed by atoms with E-state index in [4.69, 9.17) is 0 Å². The molecule has 6 nitrogen and oxygen atoms in total. The Bertz CT molecular complexity index is 1080. The molecule has 1 amide bonds. The van der Waals surface area contributed by atoms with Crippen LogP contribution < -0.4 is 5.32 Å². The van der Waals surface area contributed by atoms with Gasteiger partial charge in [0, 0.05) is 24.0 Å². The van der Waals surface area contributed by atoms with Gasteiger partial charge in [0.15, 0.2) is 0 Å². The first-order valence-corrected chi connectivity index (χ1v) is 10.2. The molecule has 0 atom stereocenters. The van der Waals surface area contributed by atoms with Gasteiger partial charge in [0.2, 0.25) is 10.0 Å². The summed E-state index contributed by atoms with van der Waals surface area (Å²) in [4.78, 5) is 17.1. The molecule has 0 radical (unpaired) electrons. The minimum absolute atomic E-state index is 0.102. The van der Waals surface area contributed by atoms with E-state index < -0.39 is 15.9 Å². The van der Waals surface area contributed by atoms with Gasteiger partial charge in [0.25, 0.3) is 5.91 Å². The molecule has 7 heteroatoms. The zero-order valence-corrected chi connectivity index (χ0v) is 16.0. The van der Waals surface area contributed by atoms with Crippen molar-refractivity contribution in [1.82, 2.24) is 9.29 Å². The van der Waals surface area contributed by atoms with E-state index in [2.05, 4.69) is 10.3 Å². The number of carbonyl (C=O) groups excluding carboxylic acids is 1. The first kappa shape index (κ1) is 19.0. The normalized spacial score (nSPS) is 11.7. The van der Waals surface area contributed by atoms with Crippen LogP contribution >= 0.6 is 0 Å². The Morgan fingerprint density at radius 3 is 2.48 bits per heavy atom. The first-order valence-electron chi connectivity index (χ1n) is 8.73. The summed E-state index contributed by atoms with van der Waals surface area (Å²) in [6.45, 7) is 4.30. The number of anilines is 1. The molecular formula is C20H21N3O3S. The second kappa shape index (κ2) is 7.85. The number of sulfonamides is 1. The Morgan fingerprint density at radius 1 is 1.00 bits per heavy atom. The Hall–Kier alpha value is -2.77. The molecule has 0 spiro atoms. The zero-order valence-electron chi connectivity index (χ0n) is 15.2. The number of amides is 1. The van der Waals surface area contributed by atoms with Gasteiger partial charge in [0.1, 0.15) is 5.82 Å². The standard InChI is InChI=1S/C20H21N3O3S/c1-3-23(4-2)27(25,26)17-10-7-9-16(14-17)20(24)22-19-13-12-15-8-5-6-11-18(15)21-19/h5-14H,3-4H2,1-2H3,(H,21,22,24). The lowest BCUT2D eigenvalue weighted by atomic mass is 10.2. The lowest BCUT2D eigenvalue weighted by Crippen LogP contribution is -2.30. The van der Waals surface area contributed by atoms with Gasteiger partial charge in [0.05, 0.1) is 10.4 Å². The molecule has 3 aromatic rings. The van der Waals surface area contributed by atoms with Crippen LogP contribution in [0.15, 0.2) is 65.6 Å². The molecule has 0 saturated carbocycles. The molecule has 0 aliphatic heterocycles. The van der Waals surface area contributed by atoms with Gasteiger partial charge in [-0.15, -0.1) is 0 Å². The highest BCUT2D eigenvalue weighted by Crippen LogP contribution is 2.19. The van der Waals surface area contributed by atoms with Crippen LogP contribution in [-0.4, -0.2) is 36.7 Å². The average Bonchev–Trinajstić information content (AvgIpc) is 2.68.